The van der Waals surface area contributed by atoms with Crippen LogP contribution in [0.15, 0.2) is 42.6 Å². The predicted molar refractivity (Wildman–Crippen MR) is 95.5 cm³/mol. The van der Waals surface area contributed by atoms with Gasteiger partial charge in [0.2, 0.25) is 5.91 Å². The van der Waals surface area contributed by atoms with Crippen LogP contribution < -0.4 is 5.32 Å². The zero-order chi connectivity index (χ0) is 17.8. The highest BCUT2D eigenvalue weighted by molar-refractivity contribution is 5.92. The molecule has 1 fully saturated rings. The highest BCUT2D eigenvalue weighted by Gasteiger charge is 2.27. The summed E-state index contributed by atoms with van der Waals surface area (Å²) in [4.78, 5) is 26.4. The monoisotopic (exact) mass is 340 g/mol. The average molecular weight is 340 g/mol. The lowest BCUT2D eigenvalue weighted by Gasteiger charge is -2.33. The lowest BCUT2D eigenvalue weighted by atomic mass is 10.0. The third-order valence-electron chi connectivity index (χ3n) is 4.41. The lowest BCUT2D eigenvalue weighted by molar-refractivity contribution is -0.125. The molecule has 0 radical (unpaired) electrons. The number of nitrogens with zero attached hydrogens (tertiary/aromatic N) is 3. The standard InChI is InChI=1S/C19H24N4O2/c1-14(2)18(24)20-15-7-6-11-22(13-15)19(25)17-10-12-23(21-17)16-8-4-3-5-9-16/h3-5,8-10,12,14-15H,6-7,11,13H2,1-2H3,(H,20,24)/t15-/m0/s1. The second-order valence-electron chi connectivity index (χ2n) is 6.73. The van der Waals surface area contributed by atoms with Crippen molar-refractivity contribution in [2.24, 2.45) is 5.92 Å². The Labute approximate surface area is 147 Å². The van der Waals surface area contributed by atoms with Crippen LogP contribution in [-0.4, -0.2) is 45.6 Å². The summed E-state index contributed by atoms with van der Waals surface area (Å²) in [5.41, 5.74) is 1.35. The number of carbonyl (C=O) groups excluding carboxylic acids is 2. The Bertz CT molecular complexity index is 739. The normalized spacial score (nSPS) is 17.6. The Hall–Kier alpha value is -2.63. The summed E-state index contributed by atoms with van der Waals surface area (Å²) < 4.78 is 1.70. The minimum absolute atomic E-state index is 0.0174. The largest absolute Gasteiger partial charge is 0.351 e. The van der Waals surface area contributed by atoms with Crippen molar-refractivity contribution in [2.75, 3.05) is 13.1 Å². The van der Waals surface area contributed by atoms with E-state index in [4.69, 9.17) is 0 Å². The predicted octanol–water partition coefficient (Wildman–Crippen LogP) is 2.25. The number of likely N-dealkylation sites (tertiary alicyclic amines) is 1. The summed E-state index contributed by atoms with van der Waals surface area (Å²) in [5, 5.41) is 7.44. The molecule has 132 valence electrons. The van der Waals surface area contributed by atoms with Gasteiger partial charge in [-0.1, -0.05) is 32.0 Å². The Balaban J connectivity index is 1.66. The van der Waals surface area contributed by atoms with Crippen LogP contribution in [0.3, 0.4) is 0 Å². The fourth-order valence-corrected chi connectivity index (χ4v) is 2.97. The molecule has 2 amide bonds. The quantitative estimate of drug-likeness (QED) is 0.928. The fourth-order valence-electron chi connectivity index (χ4n) is 2.97. The molecule has 0 unspecified atom stereocenters. The number of carbonyl (C=O) groups is 2. The first-order chi connectivity index (χ1) is 12.0. The van der Waals surface area contributed by atoms with Gasteiger partial charge in [-0.05, 0) is 31.0 Å². The number of nitrogens with one attached hydrogen (secondary N) is 1. The maximum absolute atomic E-state index is 12.7. The van der Waals surface area contributed by atoms with Crippen LogP contribution in [0.5, 0.6) is 0 Å². The van der Waals surface area contributed by atoms with Crippen LogP contribution >= 0.6 is 0 Å². The molecule has 1 aliphatic rings. The van der Waals surface area contributed by atoms with Gasteiger partial charge in [0.05, 0.1) is 5.69 Å². The SMILES string of the molecule is CC(C)C(=O)N[C@H]1CCCN(C(=O)c2ccn(-c3ccccc3)n2)C1. The third kappa shape index (κ3) is 4.07. The van der Waals surface area contributed by atoms with Gasteiger partial charge in [0.25, 0.3) is 5.91 Å². The zero-order valence-electron chi connectivity index (χ0n) is 14.7. The van der Waals surface area contributed by atoms with Crippen LogP contribution in [0.2, 0.25) is 0 Å². The molecule has 25 heavy (non-hydrogen) atoms. The Morgan fingerprint density at radius 2 is 1.96 bits per heavy atom. The number of para-hydroxylation sites is 1. The average Bonchev–Trinajstić information content (AvgIpc) is 3.12. The van der Waals surface area contributed by atoms with Crippen LogP contribution in [0.25, 0.3) is 5.69 Å². The molecule has 2 aromatic rings. The Morgan fingerprint density at radius 1 is 1.20 bits per heavy atom. The van der Waals surface area contributed by atoms with Crippen molar-refractivity contribution in [1.82, 2.24) is 20.0 Å². The minimum atomic E-state index is -0.0850. The van der Waals surface area contributed by atoms with Crippen molar-refractivity contribution in [2.45, 2.75) is 32.7 Å². The summed E-state index contributed by atoms with van der Waals surface area (Å²) in [6.07, 6.45) is 3.58. The topological polar surface area (TPSA) is 67.2 Å². The van der Waals surface area contributed by atoms with E-state index in [-0.39, 0.29) is 23.8 Å². The minimum Gasteiger partial charge on any atom is -0.351 e. The first-order valence-electron chi connectivity index (χ1n) is 8.75. The summed E-state index contributed by atoms with van der Waals surface area (Å²) in [5.74, 6) is -0.0986. The number of rotatable bonds is 4. The molecule has 0 spiro atoms. The van der Waals surface area contributed by atoms with E-state index in [1.807, 2.05) is 44.2 Å². The van der Waals surface area contributed by atoms with Gasteiger partial charge >= 0.3 is 0 Å². The molecule has 6 heteroatoms. The molecular weight excluding hydrogens is 316 g/mol. The van der Waals surface area contributed by atoms with Crippen molar-refractivity contribution in [3.63, 3.8) is 0 Å². The van der Waals surface area contributed by atoms with E-state index >= 15 is 0 Å². The molecule has 0 aliphatic carbocycles. The third-order valence-corrected chi connectivity index (χ3v) is 4.41. The molecule has 1 aromatic heterocycles. The number of hydrogen-bond acceptors (Lipinski definition) is 3. The maximum atomic E-state index is 12.7. The molecule has 1 atom stereocenters. The molecular formula is C19H24N4O2. The van der Waals surface area contributed by atoms with E-state index in [2.05, 4.69) is 10.4 Å². The first-order valence-corrected chi connectivity index (χ1v) is 8.75. The number of benzene rings is 1. The number of amides is 2. The van der Waals surface area contributed by atoms with Crippen LogP contribution in [0.4, 0.5) is 0 Å². The van der Waals surface area contributed by atoms with Gasteiger partial charge in [-0.2, -0.15) is 5.10 Å². The van der Waals surface area contributed by atoms with Gasteiger partial charge in [-0.3, -0.25) is 9.59 Å². The molecule has 6 nitrogen and oxygen atoms in total. The van der Waals surface area contributed by atoms with E-state index in [0.717, 1.165) is 18.5 Å². The molecule has 1 saturated heterocycles. The lowest BCUT2D eigenvalue weighted by Crippen LogP contribution is -2.50. The van der Waals surface area contributed by atoms with Gasteiger partial charge in [0, 0.05) is 31.2 Å². The second-order valence-corrected chi connectivity index (χ2v) is 6.73. The van der Waals surface area contributed by atoms with Crippen molar-refractivity contribution < 1.29 is 9.59 Å². The Kier molecular flexibility index (Phi) is 5.16. The number of piperidine rings is 1. The van der Waals surface area contributed by atoms with E-state index in [9.17, 15) is 9.59 Å². The molecule has 0 bridgehead atoms. The van der Waals surface area contributed by atoms with Crippen LogP contribution in [0, 0.1) is 5.92 Å². The molecule has 1 aliphatic heterocycles. The van der Waals surface area contributed by atoms with E-state index in [1.165, 1.54) is 0 Å². The molecule has 1 N–H and O–H groups in total. The molecule has 1 aromatic carbocycles. The van der Waals surface area contributed by atoms with Gasteiger partial charge in [-0.15, -0.1) is 0 Å². The molecule has 3 rings (SSSR count). The smallest absolute Gasteiger partial charge is 0.274 e. The summed E-state index contributed by atoms with van der Waals surface area (Å²) in [6, 6.07) is 11.5. The van der Waals surface area contributed by atoms with Crippen LogP contribution in [-0.2, 0) is 4.79 Å². The van der Waals surface area contributed by atoms with Gasteiger partial charge in [-0.25, -0.2) is 4.68 Å². The fraction of sp³-hybridized carbons (Fsp3) is 0.421. The van der Waals surface area contributed by atoms with Crippen molar-refractivity contribution in [1.29, 1.82) is 0 Å². The van der Waals surface area contributed by atoms with E-state index < -0.39 is 0 Å². The first kappa shape index (κ1) is 17.2. The van der Waals surface area contributed by atoms with Crippen LogP contribution in [0.1, 0.15) is 37.2 Å². The van der Waals surface area contributed by atoms with Crippen molar-refractivity contribution >= 4 is 11.8 Å². The van der Waals surface area contributed by atoms with E-state index in [1.54, 1.807) is 21.8 Å². The highest BCUT2D eigenvalue weighted by Crippen LogP contribution is 2.15. The zero-order valence-corrected chi connectivity index (χ0v) is 14.7. The maximum Gasteiger partial charge on any atom is 0.274 e. The summed E-state index contributed by atoms with van der Waals surface area (Å²) in [7, 11) is 0. The number of hydrogen-bond donors (Lipinski definition) is 1. The number of aromatic nitrogens is 2. The van der Waals surface area contributed by atoms with Crippen molar-refractivity contribution in [3.8, 4) is 5.69 Å². The van der Waals surface area contributed by atoms with Crippen molar-refractivity contribution in [3.05, 3.63) is 48.3 Å². The van der Waals surface area contributed by atoms with Gasteiger partial charge in [0.1, 0.15) is 0 Å². The van der Waals surface area contributed by atoms with Gasteiger partial charge < -0.3 is 10.2 Å². The summed E-state index contributed by atoms with van der Waals surface area (Å²) in [6.45, 7) is 4.98. The summed E-state index contributed by atoms with van der Waals surface area (Å²) >= 11 is 0. The second kappa shape index (κ2) is 7.51. The van der Waals surface area contributed by atoms with E-state index in [0.29, 0.717) is 18.8 Å². The molecule has 0 saturated carbocycles. The Morgan fingerprint density at radius 3 is 2.68 bits per heavy atom. The molecule has 2 heterocycles. The highest BCUT2D eigenvalue weighted by atomic mass is 16.2. The van der Waals surface area contributed by atoms with Gasteiger partial charge in [0.15, 0.2) is 5.69 Å².